The van der Waals surface area contributed by atoms with Crippen molar-refractivity contribution >= 4 is 0 Å². The van der Waals surface area contributed by atoms with Crippen molar-refractivity contribution in [2.45, 2.75) is 135 Å². The Morgan fingerprint density at radius 3 is 1.33 bits per heavy atom. The zero-order chi connectivity index (χ0) is 17.7. The van der Waals surface area contributed by atoms with E-state index < -0.39 is 0 Å². The van der Waals surface area contributed by atoms with Gasteiger partial charge in [-0.05, 0) is 38.0 Å². The van der Waals surface area contributed by atoms with Gasteiger partial charge in [0.1, 0.15) is 0 Å². The highest BCUT2D eigenvalue weighted by Crippen LogP contribution is 2.35. The molecule has 0 heterocycles. The van der Waals surface area contributed by atoms with E-state index in [0.29, 0.717) is 5.41 Å². The number of hydrogen-bond donors (Lipinski definition) is 0. The molecule has 0 aromatic carbocycles. The summed E-state index contributed by atoms with van der Waals surface area (Å²) in [6, 6.07) is 0. The van der Waals surface area contributed by atoms with E-state index in [0.717, 1.165) is 12.8 Å². The van der Waals surface area contributed by atoms with Crippen molar-refractivity contribution in [2.75, 3.05) is 0 Å². The molecule has 0 amide bonds. The van der Waals surface area contributed by atoms with E-state index in [9.17, 15) is 4.91 Å². The van der Waals surface area contributed by atoms with Crippen LogP contribution in [0.25, 0.3) is 0 Å². The second kappa shape index (κ2) is 12.0. The Morgan fingerprint density at radius 1 is 0.625 bits per heavy atom. The fourth-order valence-corrected chi connectivity index (χ4v) is 4.22. The summed E-state index contributed by atoms with van der Waals surface area (Å²) in [5.41, 5.74) is 0.233. The van der Waals surface area contributed by atoms with Gasteiger partial charge in [0.15, 0.2) is 0 Å². The Labute approximate surface area is 151 Å². The maximum atomic E-state index is 11.3. The highest BCUT2D eigenvalue weighted by Gasteiger charge is 2.25. The molecule has 142 valence electrons. The van der Waals surface area contributed by atoms with E-state index in [2.05, 4.69) is 25.9 Å². The maximum absolute atomic E-state index is 11.3. The van der Waals surface area contributed by atoms with Crippen LogP contribution in [0.2, 0.25) is 0 Å². The van der Waals surface area contributed by atoms with Crippen molar-refractivity contribution < 1.29 is 0 Å². The van der Waals surface area contributed by atoms with Crippen LogP contribution in [-0.4, -0.2) is 5.54 Å². The van der Waals surface area contributed by atoms with Gasteiger partial charge in [-0.15, -0.1) is 0 Å². The van der Waals surface area contributed by atoms with Crippen LogP contribution < -0.4 is 0 Å². The molecule has 1 aliphatic rings. The van der Waals surface area contributed by atoms with Crippen molar-refractivity contribution in [3.63, 3.8) is 0 Å². The molecule has 0 N–H and O–H groups in total. The Balaban J connectivity index is 2.47. The highest BCUT2D eigenvalue weighted by molar-refractivity contribution is 4.82. The number of hydrogen-bond acceptors (Lipinski definition) is 2. The van der Waals surface area contributed by atoms with Gasteiger partial charge >= 0.3 is 0 Å². The summed E-state index contributed by atoms with van der Waals surface area (Å²) < 4.78 is 0. The van der Waals surface area contributed by atoms with Crippen molar-refractivity contribution in [3.8, 4) is 0 Å². The van der Waals surface area contributed by atoms with Crippen LogP contribution in [0, 0.1) is 10.3 Å². The molecule has 1 fully saturated rings. The number of nitroso groups, excluding NO2 is 1. The third kappa shape index (κ3) is 9.18. The molecule has 0 aliphatic heterocycles. The zero-order valence-electron chi connectivity index (χ0n) is 16.9. The Kier molecular flexibility index (Phi) is 10.9. The molecular formula is C22H43NO. The molecule has 2 unspecified atom stereocenters. The SMILES string of the molecule is CCC1(C)CCCCCCCCCCCC(C)(N=O)CCCCC1. The van der Waals surface area contributed by atoms with Crippen molar-refractivity contribution in [2.24, 2.45) is 10.6 Å². The van der Waals surface area contributed by atoms with Gasteiger partial charge in [-0.1, -0.05) is 102 Å². The lowest BCUT2D eigenvalue weighted by molar-refractivity contribution is 0.239. The van der Waals surface area contributed by atoms with Crippen LogP contribution in [0.1, 0.15) is 130 Å². The van der Waals surface area contributed by atoms with Gasteiger partial charge in [0, 0.05) is 0 Å². The van der Waals surface area contributed by atoms with Crippen LogP contribution in [0.5, 0.6) is 0 Å². The summed E-state index contributed by atoms with van der Waals surface area (Å²) in [7, 11) is 0. The summed E-state index contributed by atoms with van der Waals surface area (Å²) in [5.74, 6) is 0. The summed E-state index contributed by atoms with van der Waals surface area (Å²) in [6.45, 7) is 6.93. The van der Waals surface area contributed by atoms with E-state index in [4.69, 9.17) is 0 Å². The average Bonchev–Trinajstić information content (AvgIpc) is 2.58. The van der Waals surface area contributed by atoms with E-state index >= 15 is 0 Å². The second-order valence-electron chi connectivity index (χ2n) is 9.00. The van der Waals surface area contributed by atoms with Crippen LogP contribution in [0.4, 0.5) is 0 Å². The molecule has 0 aromatic rings. The standard InChI is InChI=1S/C22H43NO/c1-4-21(2)17-13-10-8-6-5-7-9-11-15-19-22(3,23-24)20-16-12-14-18-21/h4-20H2,1-3H3. The van der Waals surface area contributed by atoms with Crippen LogP contribution >= 0.6 is 0 Å². The monoisotopic (exact) mass is 337 g/mol. The van der Waals surface area contributed by atoms with Crippen LogP contribution in [-0.2, 0) is 0 Å². The molecule has 1 rings (SSSR count). The minimum Gasteiger partial charge on any atom is -0.150 e. The molecule has 1 aliphatic carbocycles. The van der Waals surface area contributed by atoms with Crippen molar-refractivity contribution in [1.29, 1.82) is 0 Å². The molecule has 1 saturated carbocycles. The summed E-state index contributed by atoms with van der Waals surface area (Å²) >= 11 is 0. The van der Waals surface area contributed by atoms with Gasteiger partial charge in [-0.25, -0.2) is 0 Å². The lowest BCUT2D eigenvalue weighted by atomic mass is 9.77. The average molecular weight is 338 g/mol. The first-order valence-corrected chi connectivity index (χ1v) is 10.9. The Hall–Kier alpha value is -0.400. The fraction of sp³-hybridized carbons (Fsp3) is 1.00. The van der Waals surface area contributed by atoms with Gasteiger partial charge in [-0.2, -0.15) is 4.91 Å². The number of rotatable bonds is 2. The van der Waals surface area contributed by atoms with Gasteiger partial charge < -0.3 is 0 Å². The molecule has 0 spiro atoms. The first-order valence-electron chi connectivity index (χ1n) is 10.9. The quantitative estimate of drug-likeness (QED) is 0.467. The van der Waals surface area contributed by atoms with Gasteiger partial charge in [0.05, 0.1) is 5.54 Å². The molecule has 2 atom stereocenters. The molecule has 2 heteroatoms. The smallest absolute Gasteiger partial charge is 0.0998 e. The first kappa shape index (κ1) is 21.6. The molecule has 0 radical (unpaired) electrons. The van der Waals surface area contributed by atoms with E-state index in [-0.39, 0.29) is 5.54 Å². The van der Waals surface area contributed by atoms with Crippen molar-refractivity contribution in [3.05, 3.63) is 4.91 Å². The normalized spacial score (nSPS) is 33.3. The summed E-state index contributed by atoms with van der Waals surface area (Å²) in [6.07, 6.45) is 22.0. The molecule has 0 bridgehead atoms. The molecule has 0 saturated heterocycles. The topological polar surface area (TPSA) is 29.4 Å². The lowest BCUT2D eigenvalue weighted by Crippen LogP contribution is -2.21. The highest BCUT2D eigenvalue weighted by atomic mass is 16.3. The van der Waals surface area contributed by atoms with Gasteiger partial charge in [0.25, 0.3) is 0 Å². The van der Waals surface area contributed by atoms with E-state index in [1.54, 1.807) is 0 Å². The number of nitrogens with zero attached hydrogens (tertiary/aromatic N) is 1. The fourth-order valence-electron chi connectivity index (χ4n) is 4.22. The third-order valence-corrected chi connectivity index (χ3v) is 6.57. The lowest BCUT2D eigenvalue weighted by Gasteiger charge is -2.29. The summed E-state index contributed by atoms with van der Waals surface area (Å²) in [4.78, 5) is 11.3. The Morgan fingerprint density at radius 2 is 0.958 bits per heavy atom. The first-order chi connectivity index (χ1) is 11.5. The molecule has 2 nitrogen and oxygen atoms in total. The molecular weight excluding hydrogens is 294 g/mol. The minimum absolute atomic E-state index is 0.306. The van der Waals surface area contributed by atoms with Crippen LogP contribution in [0.15, 0.2) is 5.18 Å². The molecule has 24 heavy (non-hydrogen) atoms. The largest absolute Gasteiger partial charge is 0.150 e. The summed E-state index contributed by atoms with van der Waals surface area (Å²) in [5, 5.41) is 3.51. The third-order valence-electron chi connectivity index (χ3n) is 6.57. The van der Waals surface area contributed by atoms with Crippen LogP contribution in [0.3, 0.4) is 0 Å². The Bertz CT molecular complexity index is 330. The van der Waals surface area contributed by atoms with E-state index in [1.165, 1.54) is 96.3 Å². The minimum atomic E-state index is -0.306. The van der Waals surface area contributed by atoms with E-state index in [1.807, 2.05) is 0 Å². The van der Waals surface area contributed by atoms with Gasteiger partial charge in [0.2, 0.25) is 0 Å². The van der Waals surface area contributed by atoms with Crippen molar-refractivity contribution in [1.82, 2.24) is 0 Å². The molecule has 0 aromatic heterocycles. The predicted octanol–water partition coefficient (Wildman–Crippen LogP) is 8.18. The van der Waals surface area contributed by atoms with Gasteiger partial charge in [-0.3, -0.25) is 0 Å². The second-order valence-corrected chi connectivity index (χ2v) is 9.00. The zero-order valence-corrected chi connectivity index (χ0v) is 16.9. The predicted molar refractivity (Wildman–Crippen MR) is 106 cm³/mol. The maximum Gasteiger partial charge on any atom is 0.0998 e.